The molecular formula is C19H36O4S2. The highest BCUT2D eigenvalue weighted by Gasteiger charge is 2.19. The number of carboxylic acids is 1. The van der Waals surface area contributed by atoms with Crippen molar-refractivity contribution in [1.82, 2.24) is 0 Å². The molecule has 0 aromatic rings. The monoisotopic (exact) mass is 392 g/mol. The number of carbonyl (C=O) groups excluding carboxylic acids is 1. The summed E-state index contributed by atoms with van der Waals surface area (Å²) in [5, 5.41) is 7.42. The maximum Gasteiger partial charge on any atom is 0.318 e. The number of aliphatic carboxylic acids is 1. The second-order valence-electron chi connectivity index (χ2n) is 6.65. The lowest BCUT2D eigenvalue weighted by atomic mass is 10.1. The molecule has 25 heavy (non-hydrogen) atoms. The van der Waals surface area contributed by atoms with Crippen molar-refractivity contribution in [3.8, 4) is 0 Å². The second kappa shape index (κ2) is 17.1. The van der Waals surface area contributed by atoms with Crippen molar-refractivity contribution in [2.24, 2.45) is 0 Å². The zero-order valence-corrected chi connectivity index (χ0v) is 17.4. The van der Waals surface area contributed by atoms with Crippen LogP contribution in [0, 0.1) is 0 Å². The van der Waals surface area contributed by atoms with E-state index in [0.717, 1.165) is 12.8 Å². The average Bonchev–Trinajstić information content (AvgIpc) is 2.59. The molecule has 0 saturated carbocycles. The molecule has 2 atom stereocenters. The normalized spacial score (nSPS) is 13.4. The minimum atomic E-state index is -0.974. The smallest absolute Gasteiger partial charge is 0.318 e. The molecule has 0 spiro atoms. The summed E-state index contributed by atoms with van der Waals surface area (Å²) < 4.78 is 5.19. The van der Waals surface area contributed by atoms with Gasteiger partial charge in [-0.15, -0.1) is 0 Å². The molecule has 0 heterocycles. The van der Waals surface area contributed by atoms with E-state index >= 15 is 0 Å². The van der Waals surface area contributed by atoms with E-state index < -0.39 is 16.5 Å². The van der Waals surface area contributed by atoms with Crippen molar-refractivity contribution in [2.45, 2.75) is 101 Å². The van der Waals surface area contributed by atoms with Gasteiger partial charge in [0.15, 0.2) is 0 Å². The van der Waals surface area contributed by atoms with Crippen LogP contribution in [-0.4, -0.2) is 34.2 Å². The number of esters is 1. The summed E-state index contributed by atoms with van der Waals surface area (Å²) in [5.41, 5.74) is 0. The first-order valence-corrected chi connectivity index (χ1v) is 10.8. The Balaban J connectivity index is 3.41. The number of carbonyl (C=O) groups is 2. The Morgan fingerprint density at radius 1 is 0.800 bits per heavy atom. The molecule has 0 aliphatic heterocycles. The van der Waals surface area contributed by atoms with Gasteiger partial charge in [0.1, 0.15) is 0 Å². The number of carboxylic acid groups (broad SMARTS) is 1. The Labute approximate surface area is 164 Å². The van der Waals surface area contributed by atoms with Crippen LogP contribution in [0.3, 0.4) is 0 Å². The van der Waals surface area contributed by atoms with Gasteiger partial charge >= 0.3 is 11.9 Å². The average molecular weight is 393 g/mol. The third-order valence-electron chi connectivity index (χ3n) is 4.26. The fourth-order valence-corrected chi connectivity index (χ4v) is 2.96. The molecule has 0 bridgehead atoms. The summed E-state index contributed by atoms with van der Waals surface area (Å²) in [6.07, 6.45) is 14.5. The van der Waals surface area contributed by atoms with Gasteiger partial charge in [0, 0.05) is 0 Å². The number of thiol groups is 2. The lowest BCUT2D eigenvalue weighted by molar-refractivity contribution is -0.143. The first-order valence-electron chi connectivity index (χ1n) is 9.74. The quantitative estimate of drug-likeness (QED) is 0.178. The van der Waals surface area contributed by atoms with Crippen molar-refractivity contribution < 1.29 is 19.4 Å². The molecular weight excluding hydrogens is 356 g/mol. The molecule has 6 heteroatoms. The number of unbranched alkanes of at least 4 members (excludes halogenated alkanes) is 10. The molecule has 4 nitrogen and oxygen atoms in total. The van der Waals surface area contributed by atoms with Crippen LogP contribution in [0.2, 0.25) is 0 Å². The summed E-state index contributed by atoms with van der Waals surface area (Å²) in [6, 6.07) is 0. The van der Waals surface area contributed by atoms with Crippen molar-refractivity contribution in [3.63, 3.8) is 0 Å². The predicted octanol–water partition coefficient (Wildman–Crippen LogP) is 5.30. The highest BCUT2D eigenvalue weighted by molar-refractivity contribution is 7.82. The molecule has 1 N–H and O–H groups in total. The topological polar surface area (TPSA) is 63.6 Å². The van der Waals surface area contributed by atoms with E-state index in [1.165, 1.54) is 57.8 Å². The highest BCUT2D eigenvalue weighted by Crippen LogP contribution is 2.14. The van der Waals surface area contributed by atoms with Gasteiger partial charge in [0.2, 0.25) is 0 Å². The Hall–Kier alpha value is -0.360. The van der Waals surface area contributed by atoms with Crippen LogP contribution in [0.15, 0.2) is 0 Å². The first-order chi connectivity index (χ1) is 12.0. The molecule has 0 saturated heterocycles. The Bertz CT molecular complexity index is 350. The fraction of sp³-hybridized carbons (Fsp3) is 0.895. The predicted molar refractivity (Wildman–Crippen MR) is 110 cm³/mol. The molecule has 0 rings (SSSR count). The van der Waals surface area contributed by atoms with Gasteiger partial charge in [-0.05, 0) is 19.3 Å². The molecule has 0 amide bonds. The second-order valence-corrected chi connectivity index (χ2v) is 7.90. The van der Waals surface area contributed by atoms with Crippen LogP contribution in [0.5, 0.6) is 0 Å². The van der Waals surface area contributed by atoms with Gasteiger partial charge in [-0.2, -0.15) is 25.3 Å². The first kappa shape index (κ1) is 24.6. The van der Waals surface area contributed by atoms with Crippen LogP contribution in [0.1, 0.15) is 90.4 Å². The third-order valence-corrected chi connectivity index (χ3v) is 5.21. The van der Waals surface area contributed by atoms with Gasteiger partial charge in [0.05, 0.1) is 17.1 Å². The minimum absolute atomic E-state index is 0.306. The highest BCUT2D eigenvalue weighted by atomic mass is 32.1. The van der Waals surface area contributed by atoms with Crippen LogP contribution >= 0.6 is 25.3 Å². The zero-order valence-electron chi connectivity index (χ0n) is 15.6. The molecule has 0 aromatic heterocycles. The Kier molecular flexibility index (Phi) is 16.8. The third kappa shape index (κ3) is 15.6. The maximum atomic E-state index is 11.7. The lowest BCUT2D eigenvalue weighted by Crippen LogP contribution is -2.22. The number of ether oxygens (including phenoxy) is 1. The Morgan fingerprint density at radius 2 is 1.24 bits per heavy atom. The minimum Gasteiger partial charge on any atom is -0.480 e. The molecule has 0 aliphatic carbocycles. The van der Waals surface area contributed by atoms with E-state index in [9.17, 15) is 9.59 Å². The van der Waals surface area contributed by atoms with E-state index in [-0.39, 0.29) is 5.97 Å². The largest absolute Gasteiger partial charge is 0.480 e. The van der Waals surface area contributed by atoms with Gasteiger partial charge in [-0.1, -0.05) is 71.1 Å². The van der Waals surface area contributed by atoms with E-state index in [1.54, 1.807) is 0 Å². The zero-order chi connectivity index (χ0) is 18.9. The van der Waals surface area contributed by atoms with E-state index in [4.69, 9.17) is 9.84 Å². The van der Waals surface area contributed by atoms with Crippen molar-refractivity contribution >= 4 is 37.2 Å². The summed E-state index contributed by atoms with van der Waals surface area (Å²) in [7, 11) is 0. The maximum absolute atomic E-state index is 11.7. The van der Waals surface area contributed by atoms with Gasteiger partial charge < -0.3 is 9.84 Å². The van der Waals surface area contributed by atoms with Crippen molar-refractivity contribution in [3.05, 3.63) is 0 Å². The molecule has 148 valence electrons. The van der Waals surface area contributed by atoms with E-state index in [2.05, 4.69) is 32.2 Å². The molecule has 0 aromatic carbocycles. The SMILES string of the molecule is CCCCCCCCCCCCCOC(=O)C(S)CCC(S)C(=O)O. The van der Waals surface area contributed by atoms with E-state index in [1.807, 2.05) is 0 Å². The van der Waals surface area contributed by atoms with Crippen LogP contribution < -0.4 is 0 Å². The summed E-state index contributed by atoms with van der Waals surface area (Å²) in [4.78, 5) is 22.4. The molecule has 0 radical (unpaired) electrons. The van der Waals surface area contributed by atoms with E-state index in [0.29, 0.717) is 19.4 Å². The number of hydrogen-bond acceptors (Lipinski definition) is 5. The molecule has 2 unspecified atom stereocenters. The Morgan fingerprint density at radius 3 is 1.72 bits per heavy atom. The van der Waals surface area contributed by atoms with Gasteiger partial charge in [0.25, 0.3) is 0 Å². The van der Waals surface area contributed by atoms with Crippen molar-refractivity contribution in [1.29, 1.82) is 0 Å². The van der Waals surface area contributed by atoms with Crippen molar-refractivity contribution in [2.75, 3.05) is 6.61 Å². The number of hydrogen-bond donors (Lipinski definition) is 3. The van der Waals surface area contributed by atoms with Gasteiger partial charge in [-0.3, -0.25) is 9.59 Å². The summed E-state index contributed by atoms with van der Waals surface area (Å²) >= 11 is 8.12. The van der Waals surface area contributed by atoms with Gasteiger partial charge in [-0.25, -0.2) is 0 Å². The van der Waals surface area contributed by atoms with Crippen LogP contribution in [0.25, 0.3) is 0 Å². The molecule has 0 fully saturated rings. The summed E-state index contributed by atoms with van der Waals surface area (Å²) in [6.45, 7) is 2.67. The fourth-order valence-electron chi connectivity index (χ4n) is 2.59. The van der Waals surface area contributed by atoms with Crippen LogP contribution in [-0.2, 0) is 14.3 Å². The lowest BCUT2D eigenvalue weighted by Gasteiger charge is -2.12. The molecule has 0 aliphatic rings. The standard InChI is InChI=1S/C19H36O4S2/c1-2-3-4-5-6-7-8-9-10-11-12-15-23-19(22)17(25)14-13-16(24)18(20)21/h16-17,24-25H,2-15H2,1H3,(H,20,21). The number of rotatable bonds is 17. The van der Waals surface area contributed by atoms with Crippen LogP contribution in [0.4, 0.5) is 0 Å². The summed E-state index contributed by atoms with van der Waals surface area (Å²) in [5.74, 6) is -1.33.